The lowest BCUT2D eigenvalue weighted by molar-refractivity contribution is -0.132. The number of H-pyrrole nitrogens is 1. The molecule has 30 heavy (non-hydrogen) atoms. The van der Waals surface area contributed by atoms with Gasteiger partial charge in [-0.2, -0.15) is 0 Å². The number of benzene rings is 2. The van der Waals surface area contributed by atoms with Crippen molar-refractivity contribution in [3.63, 3.8) is 0 Å². The Balaban J connectivity index is 1.52. The predicted octanol–water partition coefficient (Wildman–Crippen LogP) is 4.54. The van der Waals surface area contributed by atoms with E-state index >= 15 is 0 Å². The van der Waals surface area contributed by atoms with Gasteiger partial charge in [-0.05, 0) is 42.0 Å². The number of nitrogens with zero attached hydrogens (tertiary/aromatic N) is 2. The molecule has 5 nitrogen and oxygen atoms in total. The molecule has 0 saturated heterocycles. The van der Waals surface area contributed by atoms with Crippen LogP contribution in [0.5, 0.6) is 0 Å². The van der Waals surface area contributed by atoms with Crippen molar-refractivity contribution in [3.8, 4) is 0 Å². The van der Waals surface area contributed by atoms with E-state index in [9.17, 15) is 9.59 Å². The molecule has 0 aliphatic rings. The molecule has 152 valence electrons. The third kappa shape index (κ3) is 5.02. The van der Waals surface area contributed by atoms with Crippen LogP contribution in [0.4, 0.5) is 0 Å². The zero-order valence-electron chi connectivity index (χ0n) is 16.6. The normalized spacial score (nSPS) is 10.9. The molecule has 0 atom stereocenters. The molecule has 0 spiro atoms. The molecule has 0 radical (unpaired) electrons. The summed E-state index contributed by atoms with van der Waals surface area (Å²) < 4.78 is 0. The maximum absolute atomic E-state index is 13.0. The van der Waals surface area contributed by atoms with E-state index in [-0.39, 0.29) is 18.0 Å². The van der Waals surface area contributed by atoms with Gasteiger partial charge in [-0.1, -0.05) is 48.5 Å². The van der Waals surface area contributed by atoms with Crippen molar-refractivity contribution >= 4 is 28.1 Å². The third-order valence-corrected chi connectivity index (χ3v) is 5.90. The van der Waals surface area contributed by atoms with Gasteiger partial charge in [0.05, 0.1) is 17.4 Å². The first-order valence-electron chi connectivity index (χ1n) is 10.0. The number of fused-ring (bicyclic) bond motifs is 1. The lowest BCUT2D eigenvalue weighted by atomic mass is 10.1. The number of aromatic amines is 1. The summed E-state index contributed by atoms with van der Waals surface area (Å²) in [4.78, 5) is 35.9. The molecular formula is C24H23N3O2S. The van der Waals surface area contributed by atoms with Crippen molar-refractivity contribution in [1.29, 1.82) is 0 Å². The van der Waals surface area contributed by atoms with E-state index in [0.717, 1.165) is 18.4 Å². The number of hydrogen-bond donors (Lipinski definition) is 1. The summed E-state index contributed by atoms with van der Waals surface area (Å²) in [5, 5.41) is 2.61. The molecule has 4 aromatic rings. The van der Waals surface area contributed by atoms with E-state index in [0.29, 0.717) is 29.7 Å². The number of nitrogens with one attached hydrogen (secondary N) is 1. The summed E-state index contributed by atoms with van der Waals surface area (Å²) >= 11 is 1.72. The lowest BCUT2D eigenvalue weighted by Gasteiger charge is -2.22. The van der Waals surface area contributed by atoms with E-state index in [4.69, 9.17) is 0 Å². The van der Waals surface area contributed by atoms with Crippen LogP contribution in [0, 0.1) is 0 Å². The van der Waals surface area contributed by atoms with Crippen molar-refractivity contribution in [3.05, 3.63) is 98.7 Å². The van der Waals surface area contributed by atoms with Crippen molar-refractivity contribution < 1.29 is 4.79 Å². The van der Waals surface area contributed by atoms with Crippen LogP contribution in [0.15, 0.2) is 76.9 Å². The van der Waals surface area contributed by atoms with E-state index in [2.05, 4.69) is 21.4 Å². The predicted molar refractivity (Wildman–Crippen MR) is 120 cm³/mol. The number of hydrogen-bond acceptors (Lipinski definition) is 4. The first-order chi connectivity index (χ1) is 14.7. The number of thiophene rings is 1. The number of amides is 1. The average Bonchev–Trinajstić information content (AvgIpc) is 3.27. The van der Waals surface area contributed by atoms with Crippen molar-refractivity contribution in [2.75, 3.05) is 0 Å². The first kappa shape index (κ1) is 20.0. The van der Waals surface area contributed by atoms with E-state index in [1.165, 1.54) is 4.88 Å². The van der Waals surface area contributed by atoms with E-state index in [1.54, 1.807) is 22.3 Å². The Morgan fingerprint density at radius 2 is 1.77 bits per heavy atom. The highest BCUT2D eigenvalue weighted by Crippen LogP contribution is 2.15. The molecule has 0 aliphatic carbocycles. The van der Waals surface area contributed by atoms with E-state index < -0.39 is 0 Å². The summed E-state index contributed by atoms with van der Waals surface area (Å²) in [6.45, 7) is 0.752. The minimum atomic E-state index is -0.180. The minimum Gasteiger partial charge on any atom is -0.331 e. The third-order valence-electron chi connectivity index (χ3n) is 4.97. The fourth-order valence-electron chi connectivity index (χ4n) is 3.45. The summed E-state index contributed by atoms with van der Waals surface area (Å²) in [5.74, 6) is 0.562. The highest BCUT2D eigenvalue weighted by atomic mass is 32.1. The smallest absolute Gasteiger partial charge is 0.258 e. The Labute approximate surface area is 179 Å². The number of rotatable bonds is 8. The Hall–Kier alpha value is -3.25. The summed E-state index contributed by atoms with van der Waals surface area (Å²) in [7, 11) is 0. The van der Waals surface area contributed by atoms with Gasteiger partial charge in [0.2, 0.25) is 5.91 Å². The van der Waals surface area contributed by atoms with Crippen LogP contribution in [0.3, 0.4) is 0 Å². The van der Waals surface area contributed by atoms with Gasteiger partial charge in [0, 0.05) is 17.8 Å². The van der Waals surface area contributed by atoms with Crippen molar-refractivity contribution in [2.45, 2.75) is 32.4 Å². The number of carbonyl (C=O) groups is 1. The molecule has 1 N–H and O–H groups in total. The Morgan fingerprint density at radius 3 is 2.57 bits per heavy atom. The molecule has 0 unspecified atom stereocenters. The quantitative estimate of drug-likeness (QED) is 0.458. The van der Waals surface area contributed by atoms with Gasteiger partial charge in [0.25, 0.3) is 5.56 Å². The fourth-order valence-corrected chi connectivity index (χ4v) is 4.20. The minimum absolute atomic E-state index is 0.0613. The Bertz CT molecular complexity index is 1170. The highest BCUT2D eigenvalue weighted by Gasteiger charge is 2.16. The van der Waals surface area contributed by atoms with Crippen LogP contribution in [-0.2, 0) is 24.3 Å². The molecule has 6 heteroatoms. The largest absolute Gasteiger partial charge is 0.331 e. The fraction of sp³-hybridized carbons (Fsp3) is 0.208. The molecule has 1 amide bonds. The maximum atomic E-state index is 13.0. The molecule has 0 bridgehead atoms. The molecular weight excluding hydrogens is 394 g/mol. The number of aromatic nitrogens is 2. The van der Waals surface area contributed by atoms with Gasteiger partial charge in [-0.15, -0.1) is 11.3 Å². The summed E-state index contributed by atoms with van der Waals surface area (Å²) in [5.41, 5.74) is 1.51. The zero-order chi connectivity index (χ0) is 20.8. The monoisotopic (exact) mass is 417 g/mol. The van der Waals surface area contributed by atoms with Crippen LogP contribution in [0.1, 0.15) is 29.1 Å². The molecule has 2 heterocycles. The van der Waals surface area contributed by atoms with Gasteiger partial charge < -0.3 is 9.88 Å². The van der Waals surface area contributed by atoms with Gasteiger partial charge in [0.1, 0.15) is 5.82 Å². The summed E-state index contributed by atoms with van der Waals surface area (Å²) in [6, 6.07) is 21.3. The topological polar surface area (TPSA) is 66.1 Å². The van der Waals surface area contributed by atoms with Gasteiger partial charge in [0.15, 0.2) is 0 Å². The highest BCUT2D eigenvalue weighted by molar-refractivity contribution is 7.09. The first-order valence-corrected chi connectivity index (χ1v) is 10.9. The molecule has 2 aromatic heterocycles. The second-order valence-electron chi connectivity index (χ2n) is 7.20. The zero-order valence-corrected chi connectivity index (χ0v) is 17.4. The second kappa shape index (κ2) is 9.50. The number of para-hydroxylation sites is 1. The second-order valence-corrected chi connectivity index (χ2v) is 8.23. The van der Waals surface area contributed by atoms with Crippen LogP contribution < -0.4 is 5.56 Å². The lowest BCUT2D eigenvalue weighted by Crippen LogP contribution is -2.31. The van der Waals surface area contributed by atoms with Crippen molar-refractivity contribution in [2.24, 2.45) is 0 Å². The molecule has 4 rings (SSSR count). The van der Waals surface area contributed by atoms with Crippen LogP contribution >= 0.6 is 11.3 Å². The van der Waals surface area contributed by atoms with Crippen molar-refractivity contribution in [1.82, 2.24) is 14.9 Å². The van der Waals surface area contributed by atoms with Gasteiger partial charge in [-0.3, -0.25) is 9.59 Å². The van der Waals surface area contributed by atoms with Crippen LogP contribution in [0.25, 0.3) is 10.9 Å². The number of aryl methyl sites for hydroxylation is 1. The molecule has 0 aliphatic heterocycles. The van der Waals surface area contributed by atoms with Crippen LogP contribution in [-0.4, -0.2) is 20.8 Å². The Morgan fingerprint density at radius 1 is 0.967 bits per heavy atom. The molecule has 0 fully saturated rings. The number of carbonyl (C=O) groups excluding carboxylic acids is 1. The molecule has 2 aromatic carbocycles. The van der Waals surface area contributed by atoms with Crippen LogP contribution in [0.2, 0.25) is 0 Å². The van der Waals surface area contributed by atoms with Gasteiger partial charge >= 0.3 is 0 Å². The Kier molecular flexibility index (Phi) is 6.35. The standard InChI is InChI=1S/C24H23N3O2S/c28-23(14-6-10-19-11-7-15-30-19)27(16-18-8-2-1-3-9-18)17-22-25-21-13-5-4-12-20(21)24(29)26-22/h1-5,7-9,11-13,15H,6,10,14,16-17H2,(H,25,26,29). The SMILES string of the molecule is O=C(CCCc1cccs1)N(Cc1ccccc1)Cc1nc2ccccc2c(=O)[nH]1. The van der Waals surface area contributed by atoms with Gasteiger partial charge in [-0.25, -0.2) is 4.98 Å². The van der Waals surface area contributed by atoms with E-state index in [1.807, 2.05) is 54.6 Å². The average molecular weight is 418 g/mol. The maximum Gasteiger partial charge on any atom is 0.258 e. The summed E-state index contributed by atoms with van der Waals surface area (Å²) in [6.07, 6.45) is 2.16. The molecule has 0 saturated carbocycles.